The fourth-order valence-electron chi connectivity index (χ4n) is 3.01. The van der Waals surface area contributed by atoms with E-state index >= 15 is 0 Å². The van der Waals surface area contributed by atoms with Crippen molar-refractivity contribution in [1.29, 1.82) is 0 Å². The number of carbonyl (C=O) groups is 1. The third-order valence-corrected chi connectivity index (χ3v) is 4.69. The summed E-state index contributed by atoms with van der Waals surface area (Å²) in [5.74, 6) is -0.798. The van der Waals surface area contributed by atoms with Gasteiger partial charge in [-0.05, 0) is 49.4 Å². The van der Waals surface area contributed by atoms with Crippen LogP contribution < -0.4 is 0 Å². The summed E-state index contributed by atoms with van der Waals surface area (Å²) >= 11 is 0. The second-order valence-corrected chi connectivity index (χ2v) is 7.20. The minimum atomic E-state index is -0.642. The first kappa shape index (κ1) is 16.0. The largest absolute Gasteiger partial charge is 0.481 e. The van der Waals surface area contributed by atoms with Crippen LogP contribution in [0.1, 0.15) is 57.7 Å². The molecule has 1 unspecified atom stereocenters. The highest BCUT2D eigenvalue weighted by atomic mass is 16.4. The number of rotatable bonds is 3. The van der Waals surface area contributed by atoms with E-state index in [1.807, 2.05) is 0 Å². The number of likely N-dealkylation sites (tertiary alicyclic amines) is 1. The van der Waals surface area contributed by atoms with Crippen molar-refractivity contribution in [2.45, 2.75) is 52.0 Å². The summed E-state index contributed by atoms with van der Waals surface area (Å²) in [7, 11) is 0. The molecule has 3 heteroatoms. The molecule has 21 heavy (non-hydrogen) atoms. The van der Waals surface area contributed by atoms with Crippen molar-refractivity contribution in [3.8, 4) is 0 Å². The van der Waals surface area contributed by atoms with E-state index in [0.717, 1.165) is 25.9 Å². The zero-order valence-electron chi connectivity index (χ0n) is 13.6. The van der Waals surface area contributed by atoms with Crippen LogP contribution in [-0.2, 0) is 10.2 Å². The van der Waals surface area contributed by atoms with Gasteiger partial charge in [0.1, 0.15) is 0 Å². The van der Waals surface area contributed by atoms with E-state index in [1.165, 1.54) is 11.1 Å². The van der Waals surface area contributed by atoms with Crippen molar-refractivity contribution in [2.24, 2.45) is 5.92 Å². The molecule has 2 rings (SSSR count). The van der Waals surface area contributed by atoms with E-state index in [1.54, 1.807) is 0 Å². The Kier molecular flexibility index (Phi) is 4.72. The van der Waals surface area contributed by atoms with Crippen LogP contribution in [0.4, 0.5) is 0 Å². The molecule has 0 spiro atoms. The van der Waals surface area contributed by atoms with Crippen molar-refractivity contribution < 1.29 is 9.90 Å². The van der Waals surface area contributed by atoms with Crippen LogP contribution in [-0.4, -0.2) is 29.1 Å². The molecule has 1 aromatic carbocycles. The summed E-state index contributed by atoms with van der Waals surface area (Å²) < 4.78 is 0. The number of hydrogen-bond donors (Lipinski definition) is 1. The maximum Gasteiger partial charge on any atom is 0.306 e. The van der Waals surface area contributed by atoms with Gasteiger partial charge in [-0.3, -0.25) is 9.69 Å². The molecular weight excluding hydrogens is 262 g/mol. The van der Waals surface area contributed by atoms with Crippen LogP contribution >= 0.6 is 0 Å². The van der Waals surface area contributed by atoms with Crippen LogP contribution in [0.3, 0.4) is 0 Å². The fraction of sp³-hybridized carbons (Fsp3) is 0.611. The first-order valence-corrected chi connectivity index (χ1v) is 7.86. The lowest BCUT2D eigenvalue weighted by atomic mass is 9.86. The molecular formula is C18H27NO2. The Morgan fingerprint density at radius 3 is 2.14 bits per heavy atom. The molecule has 1 heterocycles. The summed E-state index contributed by atoms with van der Waals surface area (Å²) in [4.78, 5) is 13.4. The molecule has 0 saturated carbocycles. The van der Waals surface area contributed by atoms with Crippen LogP contribution in [0.25, 0.3) is 0 Å². The summed E-state index contributed by atoms with van der Waals surface area (Å²) in [6.07, 6.45) is 1.53. The molecule has 1 fully saturated rings. The summed E-state index contributed by atoms with van der Waals surface area (Å²) in [6, 6.07) is 9.23. The van der Waals surface area contributed by atoms with Crippen molar-refractivity contribution in [1.82, 2.24) is 4.90 Å². The van der Waals surface area contributed by atoms with Gasteiger partial charge in [-0.15, -0.1) is 0 Å². The van der Waals surface area contributed by atoms with Gasteiger partial charge in [0, 0.05) is 6.04 Å². The molecule has 1 aromatic rings. The molecule has 116 valence electrons. The first-order valence-electron chi connectivity index (χ1n) is 7.86. The molecule has 0 aliphatic carbocycles. The van der Waals surface area contributed by atoms with E-state index in [4.69, 9.17) is 5.11 Å². The highest BCUT2D eigenvalue weighted by Crippen LogP contribution is 2.29. The minimum absolute atomic E-state index is 0.156. The lowest BCUT2D eigenvalue weighted by Gasteiger charge is -2.35. The smallest absolute Gasteiger partial charge is 0.306 e. The van der Waals surface area contributed by atoms with E-state index in [-0.39, 0.29) is 11.3 Å². The molecule has 0 aromatic heterocycles. The quantitative estimate of drug-likeness (QED) is 0.919. The maximum atomic E-state index is 11.0. The predicted octanol–water partition coefficient (Wildman–Crippen LogP) is 3.84. The van der Waals surface area contributed by atoms with Crippen LogP contribution in [0.5, 0.6) is 0 Å². The Bertz CT molecular complexity index is 479. The van der Waals surface area contributed by atoms with Crippen molar-refractivity contribution in [3.63, 3.8) is 0 Å². The SMILES string of the molecule is CC(c1ccc(C(C)(C)C)cc1)N1CCC(C(=O)O)CC1. The van der Waals surface area contributed by atoms with E-state index in [2.05, 4.69) is 56.9 Å². The lowest BCUT2D eigenvalue weighted by Crippen LogP contribution is -2.37. The van der Waals surface area contributed by atoms with Crippen LogP contribution in [0, 0.1) is 5.92 Å². The number of benzene rings is 1. The summed E-state index contributed by atoms with van der Waals surface area (Å²) in [5, 5.41) is 9.07. The standard InChI is InChI=1S/C18H27NO2/c1-13(19-11-9-15(10-12-19)17(20)21)14-5-7-16(8-6-14)18(2,3)4/h5-8,13,15H,9-12H2,1-4H3,(H,20,21). The highest BCUT2D eigenvalue weighted by molar-refractivity contribution is 5.70. The van der Waals surface area contributed by atoms with Gasteiger partial charge in [0.2, 0.25) is 0 Å². The number of piperidine rings is 1. The zero-order valence-corrected chi connectivity index (χ0v) is 13.6. The maximum absolute atomic E-state index is 11.0. The van der Waals surface area contributed by atoms with Crippen molar-refractivity contribution in [2.75, 3.05) is 13.1 Å². The van der Waals surface area contributed by atoms with Crippen molar-refractivity contribution in [3.05, 3.63) is 35.4 Å². The molecule has 0 radical (unpaired) electrons. The number of carboxylic acids is 1. The molecule has 0 amide bonds. The van der Waals surface area contributed by atoms with Gasteiger partial charge in [-0.25, -0.2) is 0 Å². The fourth-order valence-corrected chi connectivity index (χ4v) is 3.01. The molecule has 0 bridgehead atoms. The minimum Gasteiger partial charge on any atom is -0.481 e. The molecule has 1 aliphatic rings. The Hall–Kier alpha value is -1.35. The predicted molar refractivity (Wildman–Crippen MR) is 85.5 cm³/mol. The Balaban J connectivity index is 2.01. The van der Waals surface area contributed by atoms with Crippen LogP contribution in [0.2, 0.25) is 0 Å². The van der Waals surface area contributed by atoms with E-state index < -0.39 is 5.97 Å². The third-order valence-electron chi connectivity index (χ3n) is 4.69. The number of carboxylic acid groups (broad SMARTS) is 1. The van der Waals surface area contributed by atoms with Gasteiger partial charge in [0.25, 0.3) is 0 Å². The van der Waals surface area contributed by atoms with Gasteiger partial charge in [-0.1, -0.05) is 45.0 Å². The number of nitrogens with zero attached hydrogens (tertiary/aromatic N) is 1. The molecule has 1 saturated heterocycles. The second-order valence-electron chi connectivity index (χ2n) is 7.20. The zero-order chi connectivity index (χ0) is 15.6. The second kappa shape index (κ2) is 6.18. The average Bonchev–Trinajstić information content (AvgIpc) is 2.46. The summed E-state index contributed by atoms with van der Waals surface area (Å²) in [6.45, 7) is 10.6. The number of hydrogen-bond acceptors (Lipinski definition) is 2. The van der Waals surface area contributed by atoms with Crippen molar-refractivity contribution >= 4 is 5.97 Å². The van der Waals surface area contributed by atoms with E-state index in [0.29, 0.717) is 6.04 Å². The van der Waals surface area contributed by atoms with Gasteiger partial charge >= 0.3 is 5.97 Å². The first-order chi connectivity index (χ1) is 9.79. The molecule has 3 nitrogen and oxygen atoms in total. The Morgan fingerprint density at radius 1 is 1.19 bits per heavy atom. The average molecular weight is 289 g/mol. The Morgan fingerprint density at radius 2 is 1.71 bits per heavy atom. The monoisotopic (exact) mass is 289 g/mol. The lowest BCUT2D eigenvalue weighted by molar-refractivity contribution is -0.143. The summed E-state index contributed by atoms with van der Waals surface area (Å²) in [5.41, 5.74) is 2.85. The highest BCUT2D eigenvalue weighted by Gasteiger charge is 2.27. The normalized spacial score (nSPS) is 19.4. The molecule has 1 aliphatic heterocycles. The Labute approximate surface area is 128 Å². The van der Waals surface area contributed by atoms with Gasteiger partial charge < -0.3 is 5.11 Å². The number of aliphatic carboxylic acids is 1. The molecule has 1 N–H and O–H groups in total. The topological polar surface area (TPSA) is 40.5 Å². The molecule has 1 atom stereocenters. The van der Waals surface area contributed by atoms with Gasteiger partial charge in [-0.2, -0.15) is 0 Å². The van der Waals surface area contributed by atoms with Gasteiger partial charge in [0.05, 0.1) is 5.92 Å². The van der Waals surface area contributed by atoms with Crippen LogP contribution in [0.15, 0.2) is 24.3 Å². The van der Waals surface area contributed by atoms with Gasteiger partial charge in [0.15, 0.2) is 0 Å². The van der Waals surface area contributed by atoms with E-state index in [9.17, 15) is 4.79 Å². The third kappa shape index (κ3) is 3.85.